The lowest BCUT2D eigenvalue weighted by atomic mass is 10.1. The summed E-state index contributed by atoms with van der Waals surface area (Å²) in [6, 6.07) is 8.90. The van der Waals surface area contributed by atoms with E-state index in [2.05, 4.69) is 0 Å². The van der Waals surface area contributed by atoms with E-state index in [1.54, 1.807) is 0 Å². The number of carbonyl (C=O) groups excluding carboxylic acids is 2. The highest BCUT2D eigenvalue weighted by Crippen LogP contribution is 2.42. The van der Waals surface area contributed by atoms with Crippen LogP contribution in [-0.2, 0) is 11.3 Å². The zero-order valence-corrected chi connectivity index (χ0v) is 16.5. The number of hydrogen-bond acceptors (Lipinski definition) is 4. The monoisotopic (exact) mass is 427 g/mol. The average molecular weight is 429 g/mol. The summed E-state index contributed by atoms with van der Waals surface area (Å²) in [6.45, 7) is 2.12. The minimum atomic E-state index is -0.442. The number of thioether (sulfide) groups is 1. The van der Waals surface area contributed by atoms with Crippen molar-refractivity contribution in [2.24, 2.45) is 0 Å². The summed E-state index contributed by atoms with van der Waals surface area (Å²) in [5.74, 6) is -0.772. The SMILES string of the molecule is Cc1cccc(CN2C(=O)S/C(=C\c3c(Cl)cc(Cl)c(O)c3Cl)C2=O)c1. The molecule has 0 unspecified atom stereocenters. The van der Waals surface area contributed by atoms with Gasteiger partial charge in [0.15, 0.2) is 5.75 Å². The Hall–Kier alpha value is -1.66. The molecule has 3 rings (SSSR count). The molecule has 8 heteroatoms. The van der Waals surface area contributed by atoms with Crippen molar-refractivity contribution in [3.63, 3.8) is 0 Å². The van der Waals surface area contributed by atoms with E-state index in [4.69, 9.17) is 34.8 Å². The van der Waals surface area contributed by atoms with Gasteiger partial charge in [-0.1, -0.05) is 64.6 Å². The van der Waals surface area contributed by atoms with Gasteiger partial charge in [0.05, 0.1) is 26.5 Å². The maximum absolute atomic E-state index is 12.6. The van der Waals surface area contributed by atoms with Crippen molar-refractivity contribution in [3.05, 3.63) is 67.0 Å². The summed E-state index contributed by atoms with van der Waals surface area (Å²) in [5, 5.41) is 9.57. The Bertz CT molecular complexity index is 959. The molecule has 1 saturated heterocycles. The number of aryl methyl sites for hydroxylation is 1. The number of amides is 2. The maximum Gasteiger partial charge on any atom is 0.293 e. The number of carbonyl (C=O) groups is 2. The molecule has 0 bridgehead atoms. The molecule has 1 fully saturated rings. The van der Waals surface area contributed by atoms with E-state index in [9.17, 15) is 14.7 Å². The van der Waals surface area contributed by atoms with E-state index in [0.717, 1.165) is 27.8 Å². The van der Waals surface area contributed by atoms with Crippen LogP contribution in [0.5, 0.6) is 5.75 Å². The Morgan fingerprint density at radius 1 is 1.15 bits per heavy atom. The molecule has 1 aliphatic heterocycles. The lowest BCUT2D eigenvalue weighted by Crippen LogP contribution is -2.27. The maximum atomic E-state index is 12.6. The summed E-state index contributed by atoms with van der Waals surface area (Å²) < 4.78 is 0. The molecular weight excluding hydrogens is 417 g/mol. The average Bonchev–Trinajstić information content (AvgIpc) is 2.84. The minimum Gasteiger partial charge on any atom is -0.505 e. The molecule has 0 spiro atoms. The number of aromatic hydroxyl groups is 1. The molecule has 2 aromatic rings. The van der Waals surface area contributed by atoms with Gasteiger partial charge in [-0.25, -0.2) is 0 Å². The van der Waals surface area contributed by atoms with Crippen LogP contribution in [0.3, 0.4) is 0 Å². The van der Waals surface area contributed by atoms with Gasteiger partial charge in [0, 0.05) is 5.56 Å². The number of benzene rings is 2. The van der Waals surface area contributed by atoms with Gasteiger partial charge in [-0.2, -0.15) is 0 Å². The molecule has 0 saturated carbocycles. The van der Waals surface area contributed by atoms with Crippen molar-refractivity contribution in [1.29, 1.82) is 0 Å². The van der Waals surface area contributed by atoms with Crippen LogP contribution in [-0.4, -0.2) is 21.2 Å². The number of halogens is 3. The van der Waals surface area contributed by atoms with Crippen molar-refractivity contribution in [2.75, 3.05) is 0 Å². The smallest absolute Gasteiger partial charge is 0.293 e. The number of rotatable bonds is 3. The second kappa shape index (κ2) is 7.53. The van der Waals surface area contributed by atoms with Crippen LogP contribution in [0.4, 0.5) is 4.79 Å². The normalized spacial score (nSPS) is 16.0. The first-order chi connectivity index (χ1) is 12.3. The Kier molecular flexibility index (Phi) is 5.53. The molecule has 0 aromatic heterocycles. The van der Waals surface area contributed by atoms with Crippen molar-refractivity contribution in [3.8, 4) is 5.75 Å². The quantitative estimate of drug-likeness (QED) is 0.619. The van der Waals surface area contributed by atoms with Gasteiger partial charge < -0.3 is 5.11 Å². The molecule has 2 aromatic carbocycles. The Morgan fingerprint density at radius 3 is 2.58 bits per heavy atom. The van der Waals surface area contributed by atoms with Gasteiger partial charge in [-0.3, -0.25) is 14.5 Å². The Balaban J connectivity index is 1.92. The standard InChI is InChI=1S/C18H12Cl3NO3S/c1-9-3-2-4-10(5-9)8-22-17(24)14(26-18(22)25)6-11-12(19)7-13(20)16(23)15(11)21/h2-7,23H,8H2,1H3/b14-6-. The second-order valence-corrected chi connectivity index (χ2v) is 7.86. The molecule has 0 radical (unpaired) electrons. The van der Waals surface area contributed by atoms with Gasteiger partial charge in [-0.05, 0) is 36.4 Å². The van der Waals surface area contributed by atoms with Crippen LogP contribution in [0.2, 0.25) is 15.1 Å². The number of phenolic OH excluding ortho intramolecular Hbond substituents is 1. The van der Waals surface area contributed by atoms with E-state index in [-0.39, 0.29) is 43.1 Å². The third-order valence-electron chi connectivity index (χ3n) is 3.75. The molecule has 0 aliphatic carbocycles. The van der Waals surface area contributed by atoms with Crippen LogP contribution in [0.1, 0.15) is 16.7 Å². The fraction of sp³-hybridized carbons (Fsp3) is 0.111. The molecule has 1 aliphatic rings. The van der Waals surface area contributed by atoms with E-state index in [0.29, 0.717) is 0 Å². The molecular formula is C18H12Cl3NO3S. The van der Waals surface area contributed by atoms with Crippen molar-refractivity contribution in [2.45, 2.75) is 13.5 Å². The van der Waals surface area contributed by atoms with Crippen molar-refractivity contribution < 1.29 is 14.7 Å². The first-order valence-corrected chi connectivity index (χ1v) is 9.40. The summed E-state index contributed by atoms with van der Waals surface area (Å²) in [5.41, 5.74) is 2.13. The number of hydrogen-bond donors (Lipinski definition) is 1. The zero-order chi connectivity index (χ0) is 19.0. The van der Waals surface area contributed by atoms with Gasteiger partial charge in [0.2, 0.25) is 0 Å². The van der Waals surface area contributed by atoms with Gasteiger partial charge in [0.1, 0.15) is 0 Å². The van der Waals surface area contributed by atoms with Gasteiger partial charge in [-0.15, -0.1) is 0 Å². The molecule has 1 heterocycles. The van der Waals surface area contributed by atoms with E-state index in [1.165, 1.54) is 12.1 Å². The molecule has 4 nitrogen and oxygen atoms in total. The minimum absolute atomic E-state index is 0.00435. The van der Waals surface area contributed by atoms with E-state index in [1.807, 2.05) is 31.2 Å². The van der Waals surface area contributed by atoms with E-state index >= 15 is 0 Å². The third kappa shape index (κ3) is 3.71. The zero-order valence-electron chi connectivity index (χ0n) is 13.4. The molecule has 134 valence electrons. The first kappa shape index (κ1) is 19.1. The molecule has 2 amide bonds. The van der Waals surface area contributed by atoms with Crippen LogP contribution < -0.4 is 0 Å². The van der Waals surface area contributed by atoms with Crippen molar-refractivity contribution in [1.82, 2.24) is 4.90 Å². The summed E-state index contributed by atoms with van der Waals surface area (Å²) >= 11 is 18.8. The summed E-state index contributed by atoms with van der Waals surface area (Å²) in [7, 11) is 0. The largest absolute Gasteiger partial charge is 0.505 e. The lowest BCUT2D eigenvalue weighted by molar-refractivity contribution is -0.123. The fourth-order valence-electron chi connectivity index (χ4n) is 2.49. The fourth-order valence-corrected chi connectivity index (χ4v) is 4.18. The molecule has 26 heavy (non-hydrogen) atoms. The predicted octanol–water partition coefficient (Wildman–Crippen LogP) is 5.90. The van der Waals surface area contributed by atoms with E-state index < -0.39 is 5.91 Å². The summed E-state index contributed by atoms with van der Waals surface area (Å²) in [6.07, 6.45) is 1.39. The topological polar surface area (TPSA) is 57.6 Å². The van der Waals surface area contributed by atoms with Crippen LogP contribution in [0.25, 0.3) is 6.08 Å². The number of imide groups is 1. The van der Waals surface area contributed by atoms with Crippen LogP contribution in [0, 0.1) is 6.92 Å². The Labute approximate surface area is 169 Å². The Morgan fingerprint density at radius 2 is 1.88 bits per heavy atom. The number of phenols is 1. The highest BCUT2D eigenvalue weighted by molar-refractivity contribution is 8.18. The first-order valence-electron chi connectivity index (χ1n) is 7.45. The highest BCUT2D eigenvalue weighted by atomic mass is 35.5. The number of nitrogens with zero attached hydrogens (tertiary/aromatic N) is 1. The highest BCUT2D eigenvalue weighted by Gasteiger charge is 2.35. The summed E-state index contributed by atoms with van der Waals surface area (Å²) in [4.78, 5) is 26.2. The second-order valence-electron chi connectivity index (χ2n) is 5.67. The third-order valence-corrected chi connectivity index (χ3v) is 5.64. The van der Waals surface area contributed by atoms with Gasteiger partial charge in [0.25, 0.3) is 11.1 Å². The van der Waals surface area contributed by atoms with Crippen molar-refractivity contribution >= 4 is 63.8 Å². The molecule has 1 N–H and O–H groups in total. The molecule has 0 atom stereocenters. The predicted molar refractivity (Wildman–Crippen MR) is 106 cm³/mol. The van der Waals surface area contributed by atoms with Crippen LogP contribution >= 0.6 is 46.6 Å². The van der Waals surface area contributed by atoms with Gasteiger partial charge >= 0.3 is 0 Å². The van der Waals surface area contributed by atoms with Crippen LogP contribution in [0.15, 0.2) is 35.2 Å². The lowest BCUT2D eigenvalue weighted by Gasteiger charge is -2.13.